The fraction of sp³-hybridized carbons (Fsp3) is 0.707. The summed E-state index contributed by atoms with van der Waals surface area (Å²) in [6.45, 7) is 29.9. The molecule has 0 radical (unpaired) electrons. The Labute approximate surface area is 509 Å². The van der Waals surface area contributed by atoms with Gasteiger partial charge < -0.3 is 0 Å². The molecule has 14 rings (SSSR count). The van der Waals surface area contributed by atoms with Gasteiger partial charge in [0.2, 0.25) is 0 Å². The topological polar surface area (TPSA) is 0 Å². The molecule has 0 nitrogen and oxygen atoms in total. The fourth-order valence-electron chi connectivity index (χ4n) is 37.8. The van der Waals surface area contributed by atoms with Gasteiger partial charge in [0.15, 0.2) is 0 Å². The molecule has 4 aromatic rings. The second-order valence-electron chi connectivity index (χ2n) is 35.5. The van der Waals surface area contributed by atoms with Crippen molar-refractivity contribution in [2.45, 2.75) is 349 Å². The minimum absolute atomic E-state index is 0.588. The number of aryl methyl sites for hydroxylation is 4. The van der Waals surface area contributed by atoms with E-state index in [0.717, 1.165) is 0 Å². The number of benzene rings is 4. The van der Waals surface area contributed by atoms with Crippen LogP contribution in [-0.2, 0) is 88.2 Å². The molecule has 1 spiro atoms. The molecule has 85 heavy (non-hydrogen) atoms. The van der Waals surface area contributed by atoms with Crippen LogP contribution in [-0.4, -0.2) is 5.83 Å². The van der Waals surface area contributed by atoms with Gasteiger partial charge in [0.25, 0.3) is 0 Å². The van der Waals surface area contributed by atoms with Gasteiger partial charge in [-0.15, -0.1) is 0 Å². The molecular formula is C82H124HfP2. The van der Waals surface area contributed by atoms with E-state index in [9.17, 15) is 0 Å². The number of hydrogen-bond donors (Lipinski definition) is 0. The summed E-state index contributed by atoms with van der Waals surface area (Å²) in [5.74, 6) is 0. The average molecular weight is 1350 g/mol. The van der Waals surface area contributed by atoms with Crippen molar-refractivity contribution in [2.75, 3.05) is 0 Å². The summed E-state index contributed by atoms with van der Waals surface area (Å²) in [5.41, 5.74) is 22.4. The maximum atomic E-state index is 3.03. The first-order chi connectivity index (χ1) is 41.5. The van der Waals surface area contributed by atoms with Gasteiger partial charge in [-0.05, 0) is 0 Å². The minimum atomic E-state index is -5.45. The molecule has 4 unspecified atom stereocenters. The molecule has 0 N–H and O–H groups in total. The van der Waals surface area contributed by atoms with Crippen LogP contribution in [0.15, 0.2) is 48.5 Å². The third-order valence-corrected chi connectivity index (χ3v) is 207. The monoisotopic (exact) mass is 1350 g/mol. The van der Waals surface area contributed by atoms with Crippen molar-refractivity contribution >= 4 is 37.1 Å². The van der Waals surface area contributed by atoms with E-state index in [0.29, 0.717) is 5.83 Å². The summed E-state index contributed by atoms with van der Waals surface area (Å²) in [6, 6.07) is 23.6. The van der Waals surface area contributed by atoms with Crippen molar-refractivity contribution in [1.29, 1.82) is 0 Å². The van der Waals surface area contributed by atoms with E-state index < -0.39 is 27.0 Å². The third kappa shape index (κ3) is 3.93. The van der Waals surface area contributed by atoms with E-state index >= 15 is 0 Å². The van der Waals surface area contributed by atoms with E-state index in [2.05, 4.69) is 132 Å². The molecule has 0 aliphatic carbocycles. The van der Waals surface area contributed by atoms with Gasteiger partial charge in [-0.3, -0.25) is 0 Å². The molecular weight excluding hydrogens is 1230 g/mol. The first-order valence-electron chi connectivity index (χ1n) is 38.7. The molecule has 3 heteroatoms. The molecule has 4 atom stereocenters. The quantitative estimate of drug-likeness (QED) is 0.0306. The van der Waals surface area contributed by atoms with Crippen LogP contribution in [0.4, 0.5) is 0 Å². The summed E-state index contributed by atoms with van der Waals surface area (Å²) in [5, 5.41) is 8.12. The van der Waals surface area contributed by atoms with Crippen LogP contribution in [0.25, 0.3) is 0 Å². The summed E-state index contributed by atoms with van der Waals surface area (Å²) in [6.07, 6.45) is 47.3. The Morgan fingerprint density at radius 3 is 0.612 bits per heavy atom. The SMILES string of the molecule is CCCCc1ccc(P(c2ccc(CCCC)c(CCCC)c2CCCC)[C]23[CH]4[CH]5[CH]6[C]2(P(c2ccc(CCCC)c(CCCC)c2CCCC)c2ccc(CCCC)c(CCCC)c2CCCC)[Hf]54632789[CH]3[CH]2[CH]7[CH]8[CH]39)c(CCCC)c1CCCC. The van der Waals surface area contributed by atoms with Crippen LogP contribution < -0.4 is 21.2 Å². The van der Waals surface area contributed by atoms with Crippen molar-refractivity contribution in [3.8, 4) is 0 Å². The summed E-state index contributed by atoms with van der Waals surface area (Å²) in [4.78, 5) is 0. The van der Waals surface area contributed by atoms with Gasteiger partial charge in [0.1, 0.15) is 0 Å². The molecule has 10 aliphatic rings. The number of unbranched alkanes of at least 4 members (excludes halogenated alkanes) is 12. The number of fused-ring (bicyclic) bond motifs is 10. The Morgan fingerprint density at radius 1 is 0.247 bits per heavy atom. The van der Waals surface area contributed by atoms with Gasteiger partial charge in [-0.2, -0.15) is 0 Å². The molecule has 0 amide bonds. The van der Waals surface area contributed by atoms with Crippen LogP contribution in [0, 0.1) is 0 Å². The summed E-state index contributed by atoms with van der Waals surface area (Å²) >= 11 is -5.45. The Balaban J connectivity index is 1.12. The van der Waals surface area contributed by atoms with Crippen molar-refractivity contribution in [3.05, 3.63) is 115 Å². The van der Waals surface area contributed by atoms with Crippen molar-refractivity contribution in [1.82, 2.24) is 0 Å². The number of hydrogen-bond acceptors (Lipinski definition) is 0. The van der Waals surface area contributed by atoms with Crippen LogP contribution in [0.1, 0.15) is 304 Å². The predicted octanol–water partition coefficient (Wildman–Crippen LogP) is 23.6. The van der Waals surface area contributed by atoms with Crippen LogP contribution in [0.5, 0.6) is 0 Å². The van der Waals surface area contributed by atoms with Gasteiger partial charge in [0.05, 0.1) is 0 Å². The van der Waals surface area contributed by atoms with E-state index in [4.69, 9.17) is 0 Å². The van der Waals surface area contributed by atoms with Gasteiger partial charge >= 0.3 is 513 Å². The Hall–Kier alpha value is -1.39. The zero-order chi connectivity index (χ0) is 59.4. The zero-order valence-corrected chi connectivity index (χ0v) is 62.5. The maximum absolute atomic E-state index is 5.45. The molecule has 10 aliphatic heterocycles. The van der Waals surface area contributed by atoms with Crippen LogP contribution in [0.3, 0.4) is 0 Å². The van der Waals surface area contributed by atoms with Gasteiger partial charge in [0, 0.05) is 0 Å². The van der Waals surface area contributed by atoms with E-state index in [-0.39, 0.29) is 0 Å². The Bertz CT molecular complexity index is 3100. The molecule has 0 aromatic heterocycles. The van der Waals surface area contributed by atoms with Crippen molar-refractivity contribution in [2.24, 2.45) is 0 Å². The van der Waals surface area contributed by atoms with E-state index in [1.54, 1.807) is 22.3 Å². The Morgan fingerprint density at radius 2 is 0.435 bits per heavy atom. The second kappa shape index (κ2) is 17.4. The van der Waals surface area contributed by atoms with Crippen molar-refractivity contribution < 1.29 is 11.2 Å². The van der Waals surface area contributed by atoms with Crippen molar-refractivity contribution in [3.63, 3.8) is 0 Å². The predicted molar refractivity (Wildman–Crippen MR) is 377 cm³/mol. The molecule has 0 saturated carbocycles. The Kier molecular flexibility index (Phi) is 12.5. The molecule has 10 fully saturated rings. The standard InChI is InChI=1S/C77H119P2.C5H5.Hf/c1-13-25-38-60-52-56-72(68(46-33-21-9)64(60)42-29-17-5)78(73-57-53-61(39-26-14-2)65(43-30-18-6)69(73)47-34-22-10)76-50-37-51-77(76)79(74-58-54-62(40-27-15-3)66(44-31-19-7)70(74)48-35-23-11)75-59-55-63(41-28-16-4)67(45-32-20-8)71(75)49-36-24-12;1-2-4-5-3-1;/h37,50-59H,13-36,38-49H2,1-12H3;1-5H;. The fourth-order valence-corrected chi connectivity index (χ4v) is 499. The first kappa shape index (κ1) is 61.1. The molecule has 10 heterocycles. The molecule has 10 saturated heterocycles. The summed E-state index contributed by atoms with van der Waals surface area (Å²) in [7, 11) is -1.18. The average Bonchev–Trinajstić information content (AvgIpc) is 1.03. The normalized spacial score (nSPS) is 34.4. The van der Waals surface area contributed by atoms with Gasteiger partial charge in [-0.25, -0.2) is 0 Å². The summed E-state index contributed by atoms with van der Waals surface area (Å²) < 4.78 is 11.3. The molecule has 4 aromatic carbocycles. The third-order valence-electron chi connectivity index (χ3n) is 37.4. The first-order valence-corrected chi connectivity index (χ1v) is 61.6. The molecule has 466 valence electrons. The van der Waals surface area contributed by atoms with E-state index in [1.807, 2.05) is 65.7 Å². The second-order valence-corrected chi connectivity index (χ2v) is 119. The van der Waals surface area contributed by atoms with E-state index in [1.165, 1.54) is 261 Å². The van der Waals surface area contributed by atoms with Crippen LogP contribution in [0.2, 0.25) is 29.4 Å². The number of rotatable bonds is 42. The van der Waals surface area contributed by atoms with Crippen LogP contribution >= 0.6 is 15.8 Å². The molecule has 0 bridgehead atoms. The van der Waals surface area contributed by atoms with Gasteiger partial charge in [-0.1, -0.05) is 0 Å². The zero-order valence-electron chi connectivity index (χ0n) is 57.1.